The first-order chi connectivity index (χ1) is 11.6. The fourth-order valence-electron chi connectivity index (χ4n) is 3.48. The molecule has 0 aromatic heterocycles. The lowest BCUT2D eigenvalue weighted by atomic mass is 9.76. The van der Waals surface area contributed by atoms with Gasteiger partial charge in [0, 0.05) is 19.1 Å². The van der Waals surface area contributed by atoms with E-state index in [0.29, 0.717) is 0 Å². The van der Waals surface area contributed by atoms with Crippen molar-refractivity contribution in [1.29, 1.82) is 0 Å². The minimum absolute atomic E-state index is 0.0555. The monoisotopic (exact) mass is 332 g/mol. The van der Waals surface area contributed by atoms with E-state index < -0.39 is 0 Å². The number of carbonyl (C=O) groups is 1. The molecule has 0 radical (unpaired) electrons. The first kappa shape index (κ1) is 17.0. The maximum atomic E-state index is 12.2. The van der Waals surface area contributed by atoms with E-state index in [1.807, 2.05) is 24.3 Å². The highest BCUT2D eigenvalue weighted by atomic mass is 16.6. The zero-order valence-corrected chi connectivity index (χ0v) is 14.4. The van der Waals surface area contributed by atoms with Gasteiger partial charge in [0.05, 0.1) is 25.4 Å². The van der Waals surface area contributed by atoms with Crippen LogP contribution in [0.3, 0.4) is 0 Å². The number of carbonyl (C=O) groups excluding carboxylic acids is 1. The molecule has 1 heterocycles. The van der Waals surface area contributed by atoms with Gasteiger partial charge >= 0.3 is 5.97 Å². The van der Waals surface area contributed by atoms with Crippen molar-refractivity contribution in [2.45, 2.75) is 37.6 Å². The number of hydrogen-bond donors (Lipinski definition) is 0. The summed E-state index contributed by atoms with van der Waals surface area (Å²) in [6.07, 6.45) is 4.49. The standard InChI is InChI=1S/C19H24O5/c1-13-18(22-3)16(9-10-19(13)12-23-19)24-17(20)8-7-14-5-4-6-15(11-14)21-2/h4-8,11,13,16,18H,9-10,12H2,1-3H3. The van der Waals surface area contributed by atoms with Gasteiger partial charge < -0.3 is 18.9 Å². The lowest BCUT2D eigenvalue weighted by Crippen LogP contribution is -2.48. The van der Waals surface area contributed by atoms with Gasteiger partial charge in [-0.1, -0.05) is 19.1 Å². The molecule has 130 valence electrons. The third-order valence-electron chi connectivity index (χ3n) is 5.10. The van der Waals surface area contributed by atoms with Crippen molar-refractivity contribution >= 4 is 12.0 Å². The van der Waals surface area contributed by atoms with Gasteiger partial charge in [-0.2, -0.15) is 0 Å². The van der Waals surface area contributed by atoms with Crippen LogP contribution in [-0.2, 0) is 19.0 Å². The third-order valence-corrected chi connectivity index (χ3v) is 5.10. The molecule has 0 amide bonds. The molecular formula is C19H24O5. The van der Waals surface area contributed by atoms with E-state index in [-0.39, 0.29) is 29.7 Å². The van der Waals surface area contributed by atoms with Crippen LogP contribution in [-0.4, -0.2) is 44.6 Å². The molecule has 24 heavy (non-hydrogen) atoms. The highest BCUT2D eigenvalue weighted by molar-refractivity contribution is 5.87. The fraction of sp³-hybridized carbons (Fsp3) is 0.526. The van der Waals surface area contributed by atoms with Gasteiger partial charge in [-0.25, -0.2) is 4.79 Å². The average molecular weight is 332 g/mol. The smallest absolute Gasteiger partial charge is 0.331 e. The first-order valence-electron chi connectivity index (χ1n) is 8.27. The van der Waals surface area contributed by atoms with E-state index in [1.54, 1.807) is 20.3 Å². The summed E-state index contributed by atoms with van der Waals surface area (Å²) in [5.41, 5.74) is 0.831. The van der Waals surface area contributed by atoms with E-state index in [4.69, 9.17) is 18.9 Å². The summed E-state index contributed by atoms with van der Waals surface area (Å²) < 4.78 is 22.0. The molecule has 0 bridgehead atoms. The molecule has 1 aliphatic carbocycles. The number of methoxy groups -OCH3 is 2. The number of epoxide rings is 1. The Morgan fingerprint density at radius 1 is 1.38 bits per heavy atom. The second-order valence-electron chi connectivity index (χ2n) is 6.47. The van der Waals surface area contributed by atoms with Crippen LogP contribution >= 0.6 is 0 Å². The molecule has 4 unspecified atom stereocenters. The summed E-state index contributed by atoms with van der Waals surface area (Å²) in [6, 6.07) is 7.50. The molecule has 1 saturated heterocycles. The Labute approximate surface area is 142 Å². The van der Waals surface area contributed by atoms with E-state index in [2.05, 4.69) is 6.92 Å². The normalized spacial score (nSPS) is 32.0. The predicted octanol–water partition coefficient (Wildman–Crippen LogP) is 2.83. The summed E-state index contributed by atoms with van der Waals surface area (Å²) in [7, 11) is 3.28. The van der Waals surface area contributed by atoms with Crippen molar-refractivity contribution in [1.82, 2.24) is 0 Å². The van der Waals surface area contributed by atoms with Gasteiger partial charge in [-0.15, -0.1) is 0 Å². The number of hydrogen-bond acceptors (Lipinski definition) is 5. The Kier molecular flexibility index (Phi) is 4.92. The first-order valence-corrected chi connectivity index (χ1v) is 8.27. The number of esters is 1. The van der Waals surface area contributed by atoms with Crippen molar-refractivity contribution in [3.63, 3.8) is 0 Å². The summed E-state index contributed by atoms with van der Waals surface area (Å²) >= 11 is 0. The molecule has 1 aliphatic heterocycles. The lowest BCUT2D eigenvalue weighted by Gasteiger charge is -2.38. The predicted molar refractivity (Wildman–Crippen MR) is 89.8 cm³/mol. The SMILES string of the molecule is COc1cccc(C=CC(=O)OC2CCC3(CO3)C(C)C2OC)c1. The fourth-order valence-corrected chi connectivity index (χ4v) is 3.48. The van der Waals surface area contributed by atoms with Crippen molar-refractivity contribution in [2.24, 2.45) is 5.92 Å². The van der Waals surface area contributed by atoms with Crippen LogP contribution < -0.4 is 4.74 Å². The summed E-state index contributed by atoms with van der Waals surface area (Å²) in [4.78, 5) is 12.2. The number of rotatable bonds is 5. The molecule has 2 fully saturated rings. The van der Waals surface area contributed by atoms with Crippen LogP contribution in [0.5, 0.6) is 5.75 Å². The van der Waals surface area contributed by atoms with Gasteiger partial charge in [-0.05, 0) is 36.6 Å². The molecule has 4 atom stereocenters. The van der Waals surface area contributed by atoms with Crippen LogP contribution in [0.4, 0.5) is 0 Å². The van der Waals surface area contributed by atoms with Crippen molar-refractivity contribution in [3.8, 4) is 5.75 Å². The maximum Gasteiger partial charge on any atom is 0.331 e. The molecule has 0 N–H and O–H groups in total. The van der Waals surface area contributed by atoms with Gasteiger partial charge in [0.25, 0.3) is 0 Å². The Balaban J connectivity index is 1.60. The van der Waals surface area contributed by atoms with Gasteiger partial charge in [0.15, 0.2) is 0 Å². The van der Waals surface area contributed by atoms with Gasteiger partial charge in [0.2, 0.25) is 0 Å². The Bertz CT molecular complexity index is 620. The van der Waals surface area contributed by atoms with Gasteiger partial charge in [0.1, 0.15) is 11.9 Å². The molecule has 1 spiro atoms. The third kappa shape index (κ3) is 3.47. The van der Waals surface area contributed by atoms with E-state index >= 15 is 0 Å². The minimum atomic E-state index is -0.357. The average Bonchev–Trinajstić information content (AvgIpc) is 3.38. The number of benzene rings is 1. The highest BCUT2D eigenvalue weighted by Gasteiger charge is 2.57. The zero-order chi connectivity index (χ0) is 17.2. The molecule has 3 rings (SSSR count). The quantitative estimate of drug-likeness (QED) is 0.471. The maximum absolute atomic E-state index is 12.2. The minimum Gasteiger partial charge on any atom is -0.497 e. The highest BCUT2D eigenvalue weighted by Crippen LogP contribution is 2.47. The largest absolute Gasteiger partial charge is 0.497 e. The molecule has 1 aromatic carbocycles. The zero-order valence-electron chi connectivity index (χ0n) is 14.4. The summed E-state index contributed by atoms with van der Waals surface area (Å²) in [6.45, 7) is 2.89. The Morgan fingerprint density at radius 2 is 2.17 bits per heavy atom. The van der Waals surface area contributed by atoms with Gasteiger partial charge in [-0.3, -0.25) is 0 Å². The second-order valence-corrected chi connectivity index (χ2v) is 6.47. The van der Waals surface area contributed by atoms with Crippen LogP contribution in [0, 0.1) is 5.92 Å². The van der Waals surface area contributed by atoms with Crippen LogP contribution in [0.1, 0.15) is 25.3 Å². The van der Waals surface area contributed by atoms with E-state index in [1.165, 1.54) is 6.08 Å². The topological polar surface area (TPSA) is 57.3 Å². The lowest BCUT2D eigenvalue weighted by molar-refractivity contribution is -0.160. The van der Waals surface area contributed by atoms with Crippen molar-refractivity contribution in [2.75, 3.05) is 20.8 Å². The molecule has 1 aromatic rings. The van der Waals surface area contributed by atoms with Crippen molar-refractivity contribution in [3.05, 3.63) is 35.9 Å². The summed E-state index contributed by atoms with van der Waals surface area (Å²) in [5.74, 6) is 0.613. The van der Waals surface area contributed by atoms with Crippen LogP contribution in [0.25, 0.3) is 6.08 Å². The van der Waals surface area contributed by atoms with E-state index in [0.717, 1.165) is 30.8 Å². The number of ether oxygens (including phenoxy) is 4. The molecule has 2 aliphatic rings. The molecule has 5 heteroatoms. The molecule has 5 nitrogen and oxygen atoms in total. The Morgan fingerprint density at radius 3 is 2.83 bits per heavy atom. The molecular weight excluding hydrogens is 308 g/mol. The second kappa shape index (κ2) is 6.95. The van der Waals surface area contributed by atoms with E-state index in [9.17, 15) is 4.79 Å². The van der Waals surface area contributed by atoms with Crippen molar-refractivity contribution < 1.29 is 23.7 Å². The Hall–Kier alpha value is -1.85. The summed E-state index contributed by atoms with van der Waals surface area (Å²) in [5, 5.41) is 0. The molecule has 1 saturated carbocycles. The van der Waals surface area contributed by atoms with Crippen LogP contribution in [0.15, 0.2) is 30.3 Å². The van der Waals surface area contributed by atoms with Crippen LogP contribution in [0.2, 0.25) is 0 Å².